The zero-order valence-corrected chi connectivity index (χ0v) is 10.5. The van der Waals surface area contributed by atoms with Gasteiger partial charge in [-0.3, -0.25) is 4.79 Å². The summed E-state index contributed by atoms with van der Waals surface area (Å²) >= 11 is 5.81. The van der Waals surface area contributed by atoms with Crippen molar-refractivity contribution in [1.29, 1.82) is 0 Å². The molecule has 0 fully saturated rings. The summed E-state index contributed by atoms with van der Waals surface area (Å²) in [6.07, 6.45) is 0. The Morgan fingerprint density at radius 1 is 1.11 bits per heavy atom. The molecule has 0 aliphatic carbocycles. The first-order chi connectivity index (χ1) is 8.65. The zero-order valence-electron chi connectivity index (χ0n) is 9.77. The van der Waals surface area contributed by atoms with E-state index in [1.54, 1.807) is 18.2 Å². The van der Waals surface area contributed by atoms with E-state index in [1.165, 1.54) is 6.92 Å². The Morgan fingerprint density at radius 2 is 1.83 bits per heavy atom. The number of nitrogens with zero attached hydrogens (tertiary/aromatic N) is 1. The van der Waals surface area contributed by atoms with E-state index in [1.807, 2.05) is 24.3 Å². The summed E-state index contributed by atoms with van der Waals surface area (Å²) in [6, 6.07) is 12.7. The molecular weight excluding hydrogens is 250 g/mol. The molecule has 1 amide bonds. The van der Waals surface area contributed by atoms with E-state index in [9.17, 15) is 4.79 Å². The van der Waals surface area contributed by atoms with Crippen LogP contribution in [-0.2, 0) is 4.79 Å². The molecule has 4 nitrogen and oxygen atoms in total. The second-order valence-corrected chi connectivity index (χ2v) is 4.08. The van der Waals surface area contributed by atoms with Crippen molar-refractivity contribution in [2.75, 3.05) is 10.6 Å². The van der Waals surface area contributed by atoms with Crippen LogP contribution in [0.25, 0.3) is 0 Å². The molecule has 2 aromatic rings. The van der Waals surface area contributed by atoms with Crippen molar-refractivity contribution in [1.82, 2.24) is 4.98 Å². The van der Waals surface area contributed by atoms with E-state index in [0.29, 0.717) is 16.7 Å². The Labute approximate surface area is 110 Å². The van der Waals surface area contributed by atoms with Crippen LogP contribution in [0.4, 0.5) is 17.2 Å². The standard InChI is InChI=1S/C13H12ClN3O/c1-9(18)15-10-5-2-3-6-11(10)16-13-8-4-7-12(14)17-13/h2-8H,1H3,(H,15,18)(H,16,17). The average molecular weight is 262 g/mol. The predicted octanol–water partition coefficient (Wildman–Crippen LogP) is 3.44. The molecule has 92 valence electrons. The predicted molar refractivity (Wildman–Crippen MR) is 73.3 cm³/mol. The number of pyridine rings is 1. The van der Waals surface area contributed by atoms with E-state index in [4.69, 9.17) is 11.6 Å². The third kappa shape index (κ3) is 3.21. The third-order valence-electron chi connectivity index (χ3n) is 2.22. The molecule has 0 saturated carbocycles. The zero-order chi connectivity index (χ0) is 13.0. The van der Waals surface area contributed by atoms with Crippen LogP contribution in [0.5, 0.6) is 0 Å². The first kappa shape index (κ1) is 12.4. The fourth-order valence-electron chi connectivity index (χ4n) is 1.51. The highest BCUT2D eigenvalue weighted by Crippen LogP contribution is 2.24. The number of halogens is 1. The van der Waals surface area contributed by atoms with Gasteiger partial charge in [-0.1, -0.05) is 29.8 Å². The minimum absolute atomic E-state index is 0.122. The lowest BCUT2D eigenvalue weighted by molar-refractivity contribution is -0.114. The highest BCUT2D eigenvalue weighted by atomic mass is 35.5. The highest BCUT2D eigenvalue weighted by Gasteiger charge is 2.04. The van der Waals surface area contributed by atoms with Crippen molar-refractivity contribution in [3.05, 3.63) is 47.6 Å². The number of nitrogens with one attached hydrogen (secondary N) is 2. The molecule has 5 heteroatoms. The average Bonchev–Trinajstić information content (AvgIpc) is 2.31. The fourth-order valence-corrected chi connectivity index (χ4v) is 1.67. The largest absolute Gasteiger partial charge is 0.338 e. The molecule has 2 rings (SSSR count). The molecule has 0 spiro atoms. The Hall–Kier alpha value is -2.07. The molecular formula is C13H12ClN3O. The number of benzene rings is 1. The Kier molecular flexibility index (Phi) is 3.79. The van der Waals surface area contributed by atoms with Gasteiger partial charge >= 0.3 is 0 Å². The number of anilines is 3. The molecule has 2 N–H and O–H groups in total. The Bertz CT molecular complexity index is 572. The van der Waals surface area contributed by atoms with Crippen molar-refractivity contribution >= 4 is 34.7 Å². The van der Waals surface area contributed by atoms with Crippen LogP contribution in [0, 0.1) is 0 Å². The number of rotatable bonds is 3. The van der Waals surface area contributed by atoms with Crippen molar-refractivity contribution < 1.29 is 4.79 Å². The maximum absolute atomic E-state index is 11.1. The van der Waals surface area contributed by atoms with Gasteiger partial charge in [0.2, 0.25) is 5.91 Å². The minimum atomic E-state index is -0.122. The number of carbonyl (C=O) groups excluding carboxylic acids is 1. The van der Waals surface area contributed by atoms with Crippen LogP contribution in [-0.4, -0.2) is 10.9 Å². The molecule has 0 atom stereocenters. The second kappa shape index (κ2) is 5.51. The van der Waals surface area contributed by atoms with Crippen LogP contribution < -0.4 is 10.6 Å². The lowest BCUT2D eigenvalue weighted by atomic mass is 10.2. The van der Waals surface area contributed by atoms with E-state index < -0.39 is 0 Å². The number of amides is 1. The Balaban J connectivity index is 2.26. The van der Waals surface area contributed by atoms with Crippen LogP contribution in [0.2, 0.25) is 5.15 Å². The SMILES string of the molecule is CC(=O)Nc1ccccc1Nc1cccc(Cl)n1. The maximum Gasteiger partial charge on any atom is 0.221 e. The van der Waals surface area contributed by atoms with Gasteiger partial charge in [0, 0.05) is 6.92 Å². The molecule has 0 saturated heterocycles. The van der Waals surface area contributed by atoms with Crippen molar-refractivity contribution in [3.8, 4) is 0 Å². The van der Waals surface area contributed by atoms with Gasteiger partial charge in [-0.05, 0) is 24.3 Å². The second-order valence-electron chi connectivity index (χ2n) is 3.70. The number of carbonyl (C=O) groups is 1. The third-order valence-corrected chi connectivity index (χ3v) is 2.43. The number of hydrogen-bond donors (Lipinski definition) is 2. The van der Waals surface area contributed by atoms with E-state index in [0.717, 1.165) is 5.69 Å². The van der Waals surface area contributed by atoms with Gasteiger partial charge in [0.15, 0.2) is 0 Å². The molecule has 1 heterocycles. The van der Waals surface area contributed by atoms with Crippen molar-refractivity contribution in [2.24, 2.45) is 0 Å². The van der Waals surface area contributed by atoms with Crippen LogP contribution in [0.1, 0.15) is 6.92 Å². The lowest BCUT2D eigenvalue weighted by Gasteiger charge is -2.11. The van der Waals surface area contributed by atoms with Crippen LogP contribution in [0.15, 0.2) is 42.5 Å². The lowest BCUT2D eigenvalue weighted by Crippen LogP contribution is -2.08. The molecule has 1 aromatic carbocycles. The topological polar surface area (TPSA) is 54.0 Å². The first-order valence-electron chi connectivity index (χ1n) is 5.41. The first-order valence-corrected chi connectivity index (χ1v) is 5.79. The molecule has 18 heavy (non-hydrogen) atoms. The summed E-state index contributed by atoms with van der Waals surface area (Å²) in [4.78, 5) is 15.2. The van der Waals surface area contributed by atoms with Crippen LogP contribution >= 0.6 is 11.6 Å². The molecule has 0 unspecified atom stereocenters. The van der Waals surface area contributed by atoms with Crippen molar-refractivity contribution in [3.63, 3.8) is 0 Å². The van der Waals surface area contributed by atoms with E-state index in [2.05, 4.69) is 15.6 Å². The van der Waals surface area contributed by atoms with Gasteiger partial charge < -0.3 is 10.6 Å². The van der Waals surface area contributed by atoms with Crippen LogP contribution in [0.3, 0.4) is 0 Å². The monoisotopic (exact) mass is 261 g/mol. The van der Waals surface area contributed by atoms with Gasteiger partial charge in [0.25, 0.3) is 0 Å². The smallest absolute Gasteiger partial charge is 0.221 e. The maximum atomic E-state index is 11.1. The van der Waals surface area contributed by atoms with Gasteiger partial charge in [-0.25, -0.2) is 4.98 Å². The summed E-state index contributed by atoms with van der Waals surface area (Å²) in [6.45, 7) is 1.47. The van der Waals surface area contributed by atoms with E-state index >= 15 is 0 Å². The normalized spacial score (nSPS) is 9.89. The number of para-hydroxylation sites is 2. The molecule has 0 aliphatic heterocycles. The quantitative estimate of drug-likeness (QED) is 0.832. The summed E-state index contributed by atoms with van der Waals surface area (Å²) in [5, 5.41) is 6.27. The van der Waals surface area contributed by atoms with E-state index in [-0.39, 0.29) is 5.91 Å². The molecule has 1 aromatic heterocycles. The summed E-state index contributed by atoms with van der Waals surface area (Å²) < 4.78 is 0. The number of hydrogen-bond acceptors (Lipinski definition) is 3. The highest BCUT2D eigenvalue weighted by molar-refractivity contribution is 6.29. The molecule has 0 radical (unpaired) electrons. The number of aromatic nitrogens is 1. The van der Waals surface area contributed by atoms with Gasteiger partial charge in [-0.2, -0.15) is 0 Å². The van der Waals surface area contributed by atoms with Gasteiger partial charge in [-0.15, -0.1) is 0 Å². The van der Waals surface area contributed by atoms with Crippen molar-refractivity contribution in [2.45, 2.75) is 6.92 Å². The Morgan fingerprint density at radius 3 is 2.50 bits per heavy atom. The van der Waals surface area contributed by atoms with Gasteiger partial charge in [0.1, 0.15) is 11.0 Å². The van der Waals surface area contributed by atoms with Gasteiger partial charge in [0.05, 0.1) is 11.4 Å². The summed E-state index contributed by atoms with van der Waals surface area (Å²) in [5.74, 6) is 0.503. The molecule has 0 aliphatic rings. The fraction of sp³-hybridized carbons (Fsp3) is 0.0769. The summed E-state index contributed by atoms with van der Waals surface area (Å²) in [5.41, 5.74) is 1.47. The summed E-state index contributed by atoms with van der Waals surface area (Å²) in [7, 11) is 0. The minimum Gasteiger partial charge on any atom is -0.338 e. The molecule has 0 bridgehead atoms.